The molecular formula is C28H48NO10P. The maximum atomic E-state index is 12.3. The lowest BCUT2D eigenvalue weighted by Gasteiger charge is -2.20. The summed E-state index contributed by atoms with van der Waals surface area (Å²) in [6.07, 6.45) is 21.3. The Morgan fingerprint density at radius 3 is 2.05 bits per heavy atom. The summed E-state index contributed by atoms with van der Waals surface area (Å²) >= 11 is 0. The molecule has 0 aromatic carbocycles. The number of carboxylic acids is 1. The third-order valence-corrected chi connectivity index (χ3v) is 6.32. The van der Waals surface area contributed by atoms with Gasteiger partial charge in [0.05, 0.1) is 13.2 Å². The van der Waals surface area contributed by atoms with Gasteiger partial charge in [-0.15, -0.1) is 0 Å². The average Bonchev–Trinajstić information content (AvgIpc) is 2.91. The summed E-state index contributed by atoms with van der Waals surface area (Å²) in [5, 5.41) is 8.74. The highest BCUT2D eigenvalue weighted by Crippen LogP contribution is 2.43. The van der Waals surface area contributed by atoms with Crippen LogP contribution in [0.4, 0.5) is 0 Å². The van der Waals surface area contributed by atoms with Crippen molar-refractivity contribution in [2.24, 2.45) is 5.73 Å². The SMILES string of the molecule is CC/C=C\C/C=C\C/C=C\CCCCCCCC(=O)OC(COC(=O)CCC)COP(=O)(O)OCC(N)C(=O)O. The number of allylic oxidation sites excluding steroid dienone is 6. The monoisotopic (exact) mass is 589 g/mol. The average molecular weight is 590 g/mol. The van der Waals surface area contributed by atoms with E-state index in [2.05, 4.69) is 47.9 Å². The largest absolute Gasteiger partial charge is 0.480 e. The van der Waals surface area contributed by atoms with E-state index in [0.717, 1.165) is 51.4 Å². The topological polar surface area (TPSA) is 172 Å². The molecule has 0 bridgehead atoms. The number of nitrogens with two attached hydrogens (primary N) is 1. The molecule has 12 heteroatoms. The van der Waals surface area contributed by atoms with Crippen molar-refractivity contribution in [2.75, 3.05) is 19.8 Å². The van der Waals surface area contributed by atoms with Crippen LogP contribution in [0.2, 0.25) is 0 Å². The van der Waals surface area contributed by atoms with Crippen molar-refractivity contribution in [1.29, 1.82) is 0 Å². The Hall–Kier alpha value is -2.30. The molecule has 3 unspecified atom stereocenters. The number of carboxylic acid groups (broad SMARTS) is 1. The fourth-order valence-corrected chi connectivity index (χ4v) is 3.95. The zero-order valence-electron chi connectivity index (χ0n) is 23.9. The molecular weight excluding hydrogens is 541 g/mol. The first-order valence-corrected chi connectivity index (χ1v) is 15.5. The van der Waals surface area contributed by atoms with Crippen molar-refractivity contribution in [1.82, 2.24) is 0 Å². The molecule has 0 spiro atoms. The van der Waals surface area contributed by atoms with Crippen LogP contribution in [0.25, 0.3) is 0 Å². The van der Waals surface area contributed by atoms with E-state index in [4.69, 9.17) is 24.8 Å². The van der Waals surface area contributed by atoms with Crippen molar-refractivity contribution in [3.63, 3.8) is 0 Å². The first-order chi connectivity index (χ1) is 19.1. The number of aliphatic carboxylic acids is 1. The molecule has 0 heterocycles. The first kappa shape index (κ1) is 37.7. The summed E-state index contributed by atoms with van der Waals surface area (Å²) < 4.78 is 31.7. The van der Waals surface area contributed by atoms with E-state index < -0.39 is 51.1 Å². The molecule has 0 aromatic rings. The minimum Gasteiger partial charge on any atom is -0.480 e. The van der Waals surface area contributed by atoms with Gasteiger partial charge in [0.25, 0.3) is 0 Å². The molecule has 0 radical (unpaired) electrons. The number of rotatable bonds is 25. The number of carbonyl (C=O) groups is 3. The second-order valence-electron chi connectivity index (χ2n) is 9.15. The van der Waals surface area contributed by atoms with Crippen LogP contribution < -0.4 is 5.73 Å². The zero-order chi connectivity index (χ0) is 30.1. The summed E-state index contributed by atoms with van der Waals surface area (Å²) in [4.78, 5) is 44.5. The van der Waals surface area contributed by atoms with Gasteiger partial charge in [0.2, 0.25) is 0 Å². The summed E-state index contributed by atoms with van der Waals surface area (Å²) in [6, 6.07) is -1.52. The smallest absolute Gasteiger partial charge is 0.472 e. The second-order valence-corrected chi connectivity index (χ2v) is 10.6. The van der Waals surface area contributed by atoms with E-state index in [1.807, 2.05) is 0 Å². The van der Waals surface area contributed by atoms with E-state index in [9.17, 15) is 23.8 Å². The van der Waals surface area contributed by atoms with Crippen molar-refractivity contribution >= 4 is 25.7 Å². The quantitative estimate of drug-likeness (QED) is 0.0540. The van der Waals surface area contributed by atoms with Crippen LogP contribution in [0.15, 0.2) is 36.5 Å². The molecule has 4 N–H and O–H groups in total. The molecule has 0 amide bonds. The molecule has 0 aliphatic heterocycles. The summed E-state index contributed by atoms with van der Waals surface area (Å²) in [7, 11) is -4.68. The summed E-state index contributed by atoms with van der Waals surface area (Å²) in [5.41, 5.74) is 5.24. The molecule has 40 heavy (non-hydrogen) atoms. The standard InChI is InChI=1S/C28H48NO10P/c1-3-5-6-7-8-9-10-11-12-13-14-15-16-17-18-20-27(31)39-24(21-36-26(30)19-4-2)22-37-40(34,35)38-23-25(29)28(32)33/h5-6,8-9,11-12,24-25H,3-4,7,10,13-23,29H2,1-2H3,(H,32,33)(H,34,35)/b6-5-,9-8-,12-11-. The maximum absolute atomic E-state index is 12.3. The Morgan fingerprint density at radius 2 is 1.40 bits per heavy atom. The van der Waals surface area contributed by atoms with Crippen molar-refractivity contribution < 1.29 is 47.5 Å². The number of phosphoric ester groups is 1. The number of esters is 2. The number of hydrogen-bond donors (Lipinski definition) is 3. The van der Waals surface area contributed by atoms with Gasteiger partial charge in [-0.2, -0.15) is 0 Å². The lowest BCUT2D eigenvalue weighted by atomic mass is 10.1. The van der Waals surface area contributed by atoms with E-state index >= 15 is 0 Å². The molecule has 0 rings (SSSR count). The highest BCUT2D eigenvalue weighted by Gasteiger charge is 2.28. The summed E-state index contributed by atoms with van der Waals surface area (Å²) in [6.45, 7) is 2.20. The molecule has 0 aliphatic carbocycles. The number of phosphoric acid groups is 1. The Balaban J connectivity index is 4.32. The van der Waals surface area contributed by atoms with E-state index in [-0.39, 0.29) is 19.4 Å². The number of hydrogen-bond acceptors (Lipinski definition) is 9. The van der Waals surface area contributed by atoms with Crippen LogP contribution in [-0.2, 0) is 37.5 Å². The molecule has 11 nitrogen and oxygen atoms in total. The number of unbranched alkanes of at least 4 members (excludes halogenated alkanes) is 5. The van der Waals surface area contributed by atoms with Gasteiger partial charge in [0.1, 0.15) is 12.6 Å². The Kier molecular flexibility index (Phi) is 23.1. The molecule has 0 aromatic heterocycles. The highest BCUT2D eigenvalue weighted by molar-refractivity contribution is 7.47. The molecule has 0 aliphatic rings. The van der Waals surface area contributed by atoms with E-state index in [1.165, 1.54) is 0 Å². The van der Waals surface area contributed by atoms with Crippen LogP contribution in [0.5, 0.6) is 0 Å². The highest BCUT2D eigenvalue weighted by atomic mass is 31.2. The Morgan fingerprint density at radius 1 is 0.800 bits per heavy atom. The predicted molar refractivity (Wildman–Crippen MR) is 152 cm³/mol. The minimum absolute atomic E-state index is 0.139. The lowest BCUT2D eigenvalue weighted by Crippen LogP contribution is -2.34. The van der Waals surface area contributed by atoms with Crippen molar-refractivity contribution in [2.45, 2.75) is 103 Å². The fourth-order valence-electron chi connectivity index (χ4n) is 3.17. The van der Waals surface area contributed by atoms with Crippen molar-refractivity contribution in [3.05, 3.63) is 36.5 Å². The van der Waals surface area contributed by atoms with Crippen LogP contribution >= 0.6 is 7.82 Å². The minimum atomic E-state index is -4.68. The van der Waals surface area contributed by atoms with Gasteiger partial charge in [-0.1, -0.05) is 69.6 Å². The Labute approximate surface area is 238 Å². The van der Waals surface area contributed by atoms with Crippen LogP contribution in [0.3, 0.4) is 0 Å². The molecule has 0 saturated carbocycles. The first-order valence-electron chi connectivity index (χ1n) is 14.0. The predicted octanol–water partition coefficient (Wildman–Crippen LogP) is 5.38. The Bertz CT molecular complexity index is 843. The van der Waals surface area contributed by atoms with Gasteiger partial charge in [0, 0.05) is 12.8 Å². The molecule has 3 atom stereocenters. The van der Waals surface area contributed by atoms with Crippen LogP contribution in [-0.4, -0.2) is 59.9 Å². The summed E-state index contributed by atoms with van der Waals surface area (Å²) in [5.74, 6) is -2.48. The third kappa shape index (κ3) is 23.6. The van der Waals surface area contributed by atoms with Gasteiger partial charge in [0.15, 0.2) is 6.10 Å². The second kappa shape index (κ2) is 24.5. The number of ether oxygens (including phenoxy) is 2. The van der Waals surface area contributed by atoms with E-state index in [1.54, 1.807) is 6.92 Å². The van der Waals surface area contributed by atoms with Gasteiger partial charge in [-0.25, -0.2) is 4.57 Å². The van der Waals surface area contributed by atoms with E-state index in [0.29, 0.717) is 12.8 Å². The van der Waals surface area contributed by atoms with Gasteiger partial charge in [-0.3, -0.25) is 23.4 Å². The molecule has 0 fully saturated rings. The maximum Gasteiger partial charge on any atom is 0.472 e. The molecule has 230 valence electrons. The van der Waals surface area contributed by atoms with Crippen LogP contribution in [0, 0.1) is 0 Å². The zero-order valence-corrected chi connectivity index (χ0v) is 24.8. The molecule has 0 saturated heterocycles. The normalized spacial score (nSPS) is 14.9. The van der Waals surface area contributed by atoms with Crippen LogP contribution in [0.1, 0.15) is 90.9 Å². The number of carbonyl (C=O) groups excluding carboxylic acids is 2. The third-order valence-electron chi connectivity index (χ3n) is 5.37. The van der Waals surface area contributed by atoms with Gasteiger partial charge < -0.3 is 25.2 Å². The van der Waals surface area contributed by atoms with Crippen molar-refractivity contribution in [3.8, 4) is 0 Å². The van der Waals surface area contributed by atoms with Gasteiger partial charge in [-0.05, 0) is 44.9 Å². The fraction of sp³-hybridized carbons (Fsp3) is 0.679. The lowest BCUT2D eigenvalue weighted by molar-refractivity contribution is -0.161. The van der Waals surface area contributed by atoms with Gasteiger partial charge >= 0.3 is 25.7 Å².